The monoisotopic (exact) mass is 462 g/mol. The van der Waals surface area contributed by atoms with Crippen LogP contribution in [0, 0.1) is 0 Å². The number of nitrogens with zero attached hydrogens (tertiary/aromatic N) is 4. The minimum atomic E-state index is -0.502. The quantitative estimate of drug-likeness (QED) is 0.383. The Morgan fingerprint density at radius 1 is 1.24 bits per heavy atom. The van der Waals surface area contributed by atoms with Gasteiger partial charge in [-0.05, 0) is 59.5 Å². The number of nitrogens with one attached hydrogen (secondary N) is 1. The second-order valence-corrected chi connectivity index (χ2v) is 8.90. The van der Waals surface area contributed by atoms with Crippen molar-refractivity contribution >= 4 is 29.6 Å². The predicted molar refractivity (Wildman–Crippen MR) is 128 cm³/mol. The van der Waals surface area contributed by atoms with Crippen LogP contribution < -0.4 is 11.1 Å². The molecule has 0 radical (unpaired) electrons. The van der Waals surface area contributed by atoms with Crippen LogP contribution in [-0.4, -0.2) is 58.0 Å². The number of aliphatic imine (C=N–C) groups is 1. The van der Waals surface area contributed by atoms with Crippen LogP contribution in [0.2, 0.25) is 0 Å². The smallest absolute Gasteiger partial charge is 0.407 e. The fourth-order valence-electron chi connectivity index (χ4n) is 3.35. The molecule has 33 heavy (non-hydrogen) atoms. The zero-order valence-corrected chi connectivity index (χ0v) is 20.5. The highest BCUT2D eigenvalue weighted by molar-refractivity contribution is 6.04. The lowest BCUT2D eigenvalue weighted by molar-refractivity contribution is -0.180. The number of amidine groups is 1. The van der Waals surface area contributed by atoms with E-state index in [0.29, 0.717) is 43.3 Å². The van der Waals surface area contributed by atoms with E-state index in [1.807, 2.05) is 45.4 Å². The molecule has 0 saturated heterocycles. The molecule has 2 amide bonds. The van der Waals surface area contributed by atoms with Gasteiger partial charge in [-0.1, -0.05) is 6.92 Å². The van der Waals surface area contributed by atoms with Gasteiger partial charge in [0.1, 0.15) is 17.1 Å². The van der Waals surface area contributed by atoms with Crippen LogP contribution in [0.4, 0.5) is 10.5 Å². The number of carbonyl (C=O) groups excluding carboxylic acids is 2. The fourth-order valence-corrected chi connectivity index (χ4v) is 3.35. The van der Waals surface area contributed by atoms with Gasteiger partial charge in [-0.25, -0.2) is 14.9 Å². The first-order valence-corrected chi connectivity index (χ1v) is 11.7. The number of aromatic nitrogens is 2. The normalized spacial score (nSPS) is 13.5. The number of amides is 2. The molecule has 1 aromatic rings. The van der Waals surface area contributed by atoms with Crippen LogP contribution in [0.25, 0.3) is 6.08 Å². The number of fused-ring (bicyclic) bond motifs is 1. The summed E-state index contributed by atoms with van der Waals surface area (Å²) in [6.45, 7) is 11.5. The number of nitrogens with two attached hydrogens (primary N) is 1. The number of unbranched alkanes of at least 4 members (excludes halogenated alkanes) is 2. The van der Waals surface area contributed by atoms with E-state index in [1.165, 1.54) is 5.06 Å². The Hall–Kier alpha value is -2.88. The summed E-state index contributed by atoms with van der Waals surface area (Å²) in [6.07, 6.45) is 6.73. The van der Waals surface area contributed by atoms with Gasteiger partial charge in [0.05, 0.1) is 18.5 Å². The molecule has 0 fully saturated rings. The first-order chi connectivity index (χ1) is 15.6. The Kier molecular flexibility index (Phi) is 9.90. The van der Waals surface area contributed by atoms with E-state index in [4.69, 9.17) is 15.3 Å². The second kappa shape index (κ2) is 12.4. The summed E-state index contributed by atoms with van der Waals surface area (Å²) in [4.78, 5) is 34.7. The molecule has 0 spiro atoms. The molecule has 1 aliphatic heterocycles. The molecular formula is C23H38N6O4. The molecule has 3 N–H and O–H groups in total. The highest BCUT2D eigenvalue weighted by Crippen LogP contribution is 2.27. The Labute approximate surface area is 196 Å². The third-order valence-corrected chi connectivity index (χ3v) is 4.73. The minimum Gasteiger partial charge on any atom is -0.444 e. The standard InChI is InChI=1S/C23H38N6O4/c1-6-12-29(32-7-2)21(30)17-14-19-18(27-20(24)15-17)16-26-28(19)13-10-8-9-11-25-22(31)33-23(3,4)5/h14,16H,6-13,15H2,1-5H3,(H2,24,27)(H,25,31). The van der Waals surface area contributed by atoms with Crippen LogP contribution in [0.5, 0.6) is 0 Å². The zero-order chi connectivity index (χ0) is 24.4. The van der Waals surface area contributed by atoms with E-state index in [2.05, 4.69) is 15.4 Å². The second-order valence-electron chi connectivity index (χ2n) is 8.90. The largest absolute Gasteiger partial charge is 0.444 e. The van der Waals surface area contributed by atoms with Gasteiger partial charge < -0.3 is 15.8 Å². The molecule has 0 saturated carbocycles. The van der Waals surface area contributed by atoms with E-state index in [9.17, 15) is 9.59 Å². The van der Waals surface area contributed by atoms with Gasteiger partial charge in [-0.15, -0.1) is 0 Å². The van der Waals surface area contributed by atoms with Gasteiger partial charge >= 0.3 is 6.09 Å². The lowest BCUT2D eigenvalue weighted by Crippen LogP contribution is -2.34. The average Bonchev–Trinajstić information content (AvgIpc) is 2.99. The predicted octanol–water partition coefficient (Wildman–Crippen LogP) is 3.54. The van der Waals surface area contributed by atoms with Crippen molar-refractivity contribution in [1.29, 1.82) is 0 Å². The molecule has 10 nitrogen and oxygen atoms in total. The number of aryl methyl sites for hydroxylation is 1. The van der Waals surface area contributed by atoms with Crippen molar-refractivity contribution in [3.8, 4) is 0 Å². The van der Waals surface area contributed by atoms with Crippen LogP contribution in [0.1, 0.15) is 72.4 Å². The van der Waals surface area contributed by atoms with E-state index < -0.39 is 11.7 Å². The molecular weight excluding hydrogens is 424 g/mol. The number of rotatable bonds is 11. The molecule has 0 bridgehead atoms. The number of hydrogen-bond acceptors (Lipinski definition) is 7. The van der Waals surface area contributed by atoms with Crippen LogP contribution >= 0.6 is 0 Å². The van der Waals surface area contributed by atoms with E-state index in [0.717, 1.165) is 31.4 Å². The number of hydrogen-bond donors (Lipinski definition) is 2. The van der Waals surface area contributed by atoms with Crippen molar-refractivity contribution in [2.75, 3.05) is 19.7 Å². The van der Waals surface area contributed by atoms with Crippen LogP contribution in [-0.2, 0) is 20.9 Å². The Morgan fingerprint density at radius 3 is 2.67 bits per heavy atom. The lowest BCUT2D eigenvalue weighted by Gasteiger charge is -2.21. The number of ether oxygens (including phenoxy) is 1. The summed E-state index contributed by atoms with van der Waals surface area (Å²) >= 11 is 0. The summed E-state index contributed by atoms with van der Waals surface area (Å²) in [5.74, 6) is 0.166. The molecule has 0 unspecified atom stereocenters. The molecule has 10 heteroatoms. The van der Waals surface area contributed by atoms with Crippen LogP contribution in [0.3, 0.4) is 0 Å². The van der Waals surface area contributed by atoms with Gasteiger partial charge in [-0.3, -0.25) is 14.3 Å². The Morgan fingerprint density at radius 2 is 2.00 bits per heavy atom. The van der Waals surface area contributed by atoms with E-state index in [-0.39, 0.29) is 12.3 Å². The van der Waals surface area contributed by atoms with Crippen molar-refractivity contribution in [3.05, 3.63) is 17.5 Å². The van der Waals surface area contributed by atoms with Crippen molar-refractivity contribution in [1.82, 2.24) is 20.2 Å². The maximum absolute atomic E-state index is 13.0. The third kappa shape index (κ3) is 8.53. The average molecular weight is 463 g/mol. The topological polar surface area (TPSA) is 124 Å². The van der Waals surface area contributed by atoms with Gasteiger partial charge in [0.2, 0.25) is 0 Å². The SMILES string of the molecule is CCCN(OCC)C(=O)C1=Cc2c(cnn2CCCCCNC(=O)OC(C)(C)C)N=C(N)C1. The Balaban J connectivity index is 1.97. The molecule has 0 aliphatic carbocycles. The lowest BCUT2D eigenvalue weighted by atomic mass is 10.1. The first-order valence-electron chi connectivity index (χ1n) is 11.7. The fraction of sp³-hybridized carbons (Fsp3) is 0.652. The summed E-state index contributed by atoms with van der Waals surface area (Å²) < 4.78 is 7.07. The minimum absolute atomic E-state index is 0.203. The van der Waals surface area contributed by atoms with Gasteiger partial charge in [0, 0.05) is 31.6 Å². The van der Waals surface area contributed by atoms with Gasteiger partial charge in [-0.2, -0.15) is 5.10 Å². The summed E-state index contributed by atoms with van der Waals surface area (Å²) in [7, 11) is 0. The van der Waals surface area contributed by atoms with Gasteiger partial charge in [0.15, 0.2) is 0 Å². The number of alkyl carbamates (subject to hydrolysis) is 1. The van der Waals surface area contributed by atoms with Gasteiger partial charge in [0.25, 0.3) is 5.91 Å². The van der Waals surface area contributed by atoms with Crippen molar-refractivity contribution in [2.45, 2.75) is 78.9 Å². The third-order valence-electron chi connectivity index (χ3n) is 4.73. The summed E-state index contributed by atoms with van der Waals surface area (Å²) in [6, 6.07) is 0. The van der Waals surface area contributed by atoms with Crippen molar-refractivity contribution in [3.63, 3.8) is 0 Å². The maximum atomic E-state index is 13.0. The van der Waals surface area contributed by atoms with Crippen molar-refractivity contribution in [2.24, 2.45) is 10.7 Å². The molecule has 1 aromatic heterocycles. The summed E-state index contributed by atoms with van der Waals surface area (Å²) in [5.41, 5.74) is 7.51. The molecule has 2 heterocycles. The highest BCUT2D eigenvalue weighted by Gasteiger charge is 2.23. The summed E-state index contributed by atoms with van der Waals surface area (Å²) in [5, 5.41) is 8.59. The molecule has 2 rings (SSSR count). The molecule has 0 atom stereocenters. The highest BCUT2D eigenvalue weighted by atomic mass is 16.7. The van der Waals surface area contributed by atoms with E-state index in [1.54, 1.807) is 6.20 Å². The molecule has 184 valence electrons. The zero-order valence-electron chi connectivity index (χ0n) is 20.5. The van der Waals surface area contributed by atoms with E-state index >= 15 is 0 Å². The van der Waals surface area contributed by atoms with Crippen molar-refractivity contribution < 1.29 is 19.2 Å². The van der Waals surface area contributed by atoms with Crippen LogP contribution in [0.15, 0.2) is 16.8 Å². The Bertz CT molecular complexity index is 863. The molecule has 1 aliphatic rings. The number of carbonyl (C=O) groups is 2. The number of hydroxylamine groups is 2. The maximum Gasteiger partial charge on any atom is 0.407 e. The first kappa shape index (κ1) is 26.4. The molecule has 0 aromatic carbocycles.